The van der Waals surface area contributed by atoms with Crippen LogP contribution in [0.3, 0.4) is 0 Å². The van der Waals surface area contributed by atoms with E-state index in [0.717, 1.165) is 17.1 Å². The number of rotatable bonds is 7. The van der Waals surface area contributed by atoms with Gasteiger partial charge in [0.15, 0.2) is 0 Å². The number of hydrogen-bond acceptors (Lipinski definition) is 1. The van der Waals surface area contributed by atoms with Crippen LogP contribution in [0.1, 0.15) is 47.2 Å². The van der Waals surface area contributed by atoms with Crippen LogP contribution >= 0.6 is 0 Å². The number of hydrogen-bond donors (Lipinski definition) is 0. The summed E-state index contributed by atoms with van der Waals surface area (Å²) in [6, 6.07) is 92.9. The molecule has 0 amide bonds. The molecule has 67 heavy (non-hydrogen) atoms. The highest BCUT2D eigenvalue weighted by Crippen LogP contribution is 2.58. The van der Waals surface area contributed by atoms with Crippen molar-refractivity contribution in [3.8, 4) is 44.5 Å². The van der Waals surface area contributed by atoms with E-state index < -0.39 is 5.41 Å². The monoisotopic (exact) mass is 853 g/mol. The first-order valence-corrected chi connectivity index (χ1v) is 23.5. The SMILES string of the molecule is CC1(C)c2ccc(N(c3cc(-c4ccccc4)cc(-c4ccc5ccccc5c4)c3)c3ccc4c(c3)C(c3ccccc3)(c3ccccc3)c3ccccc3-4)cc2-c2cc3ccccc3cc21. The summed E-state index contributed by atoms with van der Waals surface area (Å²) in [6.07, 6.45) is 0. The van der Waals surface area contributed by atoms with Crippen LogP contribution < -0.4 is 4.90 Å². The van der Waals surface area contributed by atoms with Gasteiger partial charge in [0.25, 0.3) is 0 Å². The molecule has 316 valence electrons. The van der Waals surface area contributed by atoms with Crippen LogP contribution in [0.4, 0.5) is 17.1 Å². The van der Waals surface area contributed by atoms with Crippen LogP contribution in [0.2, 0.25) is 0 Å². The maximum Gasteiger partial charge on any atom is 0.0714 e. The fourth-order valence-corrected chi connectivity index (χ4v) is 11.7. The zero-order valence-electron chi connectivity index (χ0n) is 37.6. The number of fused-ring (bicyclic) bond motifs is 8. The minimum atomic E-state index is -0.541. The predicted molar refractivity (Wildman–Crippen MR) is 282 cm³/mol. The Bertz CT molecular complexity index is 3670. The molecule has 1 heteroatoms. The quantitative estimate of drug-likeness (QED) is 0.154. The van der Waals surface area contributed by atoms with Crippen molar-refractivity contribution in [2.75, 3.05) is 4.90 Å². The second-order valence-corrected chi connectivity index (χ2v) is 18.9. The molecule has 0 saturated heterocycles. The van der Waals surface area contributed by atoms with Crippen LogP contribution in [-0.4, -0.2) is 0 Å². The number of nitrogens with zero attached hydrogens (tertiary/aromatic N) is 1. The van der Waals surface area contributed by atoms with E-state index in [2.05, 4.69) is 267 Å². The molecule has 0 atom stereocenters. The summed E-state index contributed by atoms with van der Waals surface area (Å²) in [5.41, 5.74) is 20.3. The van der Waals surface area contributed by atoms with Crippen LogP contribution in [0, 0.1) is 0 Å². The first-order valence-electron chi connectivity index (χ1n) is 23.5. The second kappa shape index (κ2) is 15.2. The van der Waals surface area contributed by atoms with Gasteiger partial charge in [-0.3, -0.25) is 0 Å². The highest BCUT2D eigenvalue weighted by atomic mass is 15.1. The molecule has 0 radical (unpaired) electrons. The van der Waals surface area contributed by atoms with E-state index in [4.69, 9.17) is 0 Å². The summed E-state index contributed by atoms with van der Waals surface area (Å²) in [6.45, 7) is 4.77. The second-order valence-electron chi connectivity index (χ2n) is 18.9. The maximum atomic E-state index is 2.52. The molecular formula is C66H47N. The first-order chi connectivity index (χ1) is 32.9. The summed E-state index contributed by atoms with van der Waals surface area (Å²) >= 11 is 0. The molecule has 0 aliphatic heterocycles. The lowest BCUT2D eigenvalue weighted by Gasteiger charge is -2.35. The molecule has 2 aliphatic rings. The molecule has 0 heterocycles. The van der Waals surface area contributed by atoms with Crippen molar-refractivity contribution in [2.24, 2.45) is 0 Å². The Balaban J connectivity index is 1.10. The van der Waals surface area contributed by atoms with Gasteiger partial charge in [-0.15, -0.1) is 0 Å². The van der Waals surface area contributed by atoms with Gasteiger partial charge >= 0.3 is 0 Å². The van der Waals surface area contributed by atoms with Crippen molar-refractivity contribution in [3.63, 3.8) is 0 Å². The summed E-state index contributed by atoms with van der Waals surface area (Å²) in [5, 5.41) is 5.01. The van der Waals surface area contributed by atoms with Crippen molar-refractivity contribution in [1.29, 1.82) is 0 Å². The summed E-state index contributed by atoms with van der Waals surface area (Å²) in [5.74, 6) is 0. The molecule has 0 unspecified atom stereocenters. The Morgan fingerprint density at radius 1 is 0.269 bits per heavy atom. The zero-order chi connectivity index (χ0) is 44.7. The van der Waals surface area contributed by atoms with Gasteiger partial charge in [0.1, 0.15) is 0 Å². The zero-order valence-corrected chi connectivity index (χ0v) is 37.6. The van der Waals surface area contributed by atoms with Crippen LogP contribution in [0.5, 0.6) is 0 Å². The summed E-state index contributed by atoms with van der Waals surface area (Å²) in [7, 11) is 0. The molecule has 2 aliphatic carbocycles. The van der Waals surface area contributed by atoms with E-state index in [9.17, 15) is 0 Å². The third-order valence-corrected chi connectivity index (χ3v) is 14.9. The summed E-state index contributed by atoms with van der Waals surface area (Å²) in [4.78, 5) is 2.52. The molecule has 0 N–H and O–H groups in total. The fraction of sp³-hybridized carbons (Fsp3) is 0.0606. The Kier molecular flexibility index (Phi) is 8.85. The smallest absolute Gasteiger partial charge is 0.0714 e. The van der Waals surface area contributed by atoms with Crippen molar-refractivity contribution < 1.29 is 0 Å². The Labute approximate surface area is 392 Å². The lowest BCUT2D eigenvalue weighted by atomic mass is 9.67. The molecule has 13 rings (SSSR count). The topological polar surface area (TPSA) is 3.24 Å². The van der Waals surface area contributed by atoms with E-state index in [1.54, 1.807) is 0 Å². The number of benzene rings is 11. The first kappa shape index (κ1) is 39.1. The van der Waals surface area contributed by atoms with Crippen molar-refractivity contribution in [1.82, 2.24) is 0 Å². The van der Waals surface area contributed by atoms with E-state index in [-0.39, 0.29) is 5.41 Å². The minimum absolute atomic E-state index is 0.154. The molecule has 11 aromatic carbocycles. The normalized spacial score (nSPS) is 13.8. The molecule has 0 aromatic heterocycles. The van der Waals surface area contributed by atoms with E-state index in [1.807, 2.05) is 0 Å². The van der Waals surface area contributed by atoms with Crippen LogP contribution in [0.25, 0.3) is 66.1 Å². The minimum Gasteiger partial charge on any atom is -0.310 e. The maximum absolute atomic E-state index is 2.52. The van der Waals surface area contributed by atoms with E-state index in [1.165, 1.54) is 99.4 Å². The highest BCUT2D eigenvalue weighted by Gasteiger charge is 2.46. The lowest BCUT2D eigenvalue weighted by molar-refractivity contribution is 0.661. The van der Waals surface area contributed by atoms with Crippen LogP contribution in [-0.2, 0) is 10.8 Å². The van der Waals surface area contributed by atoms with Gasteiger partial charge in [0, 0.05) is 22.5 Å². The van der Waals surface area contributed by atoms with Crippen molar-refractivity contribution in [2.45, 2.75) is 24.7 Å². The third-order valence-electron chi connectivity index (χ3n) is 14.9. The van der Waals surface area contributed by atoms with Crippen LogP contribution in [0.15, 0.2) is 249 Å². The van der Waals surface area contributed by atoms with Gasteiger partial charge in [0.2, 0.25) is 0 Å². The number of anilines is 3. The molecule has 11 aromatic rings. The molecular weight excluding hydrogens is 807 g/mol. The lowest BCUT2D eigenvalue weighted by Crippen LogP contribution is -2.28. The molecule has 0 spiro atoms. The molecule has 1 nitrogen and oxygen atoms in total. The Morgan fingerprint density at radius 3 is 1.52 bits per heavy atom. The van der Waals surface area contributed by atoms with Gasteiger partial charge in [-0.05, 0) is 160 Å². The predicted octanol–water partition coefficient (Wildman–Crippen LogP) is 17.5. The van der Waals surface area contributed by atoms with E-state index >= 15 is 0 Å². The van der Waals surface area contributed by atoms with Gasteiger partial charge in [-0.2, -0.15) is 0 Å². The summed E-state index contributed by atoms with van der Waals surface area (Å²) < 4.78 is 0. The van der Waals surface area contributed by atoms with Gasteiger partial charge in [-0.25, -0.2) is 0 Å². The van der Waals surface area contributed by atoms with Gasteiger partial charge in [-0.1, -0.05) is 202 Å². The van der Waals surface area contributed by atoms with Gasteiger partial charge < -0.3 is 4.90 Å². The standard InChI is InChI=1S/C66H47N/c1-65(2)61-35-33-54(42-60(61)59-40-47-22-14-15-23-48(47)41-63(59)65)67(56-38-50(44-18-6-3-7-19-44)37-51(39-56)49-31-30-45-20-12-13-21-46(45)36-49)55-32-34-58-57-28-16-17-29-62(57)66(64(58)43-55,52-24-8-4-9-25-52)53-26-10-5-11-27-53/h3-43H,1-2H3. The average molecular weight is 854 g/mol. The van der Waals surface area contributed by atoms with Crippen molar-refractivity contribution in [3.05, 3.63) is 282 Å². The molecule has 0 fully saturated rings. The van der Waals surface area contributed by atoms with E-state index in [0.29, 0.717) is 0 Å². The average Bonchev–Trinajstić information content (AvgIpc) is 3.80. The molecule has 0 saturated carbocycles. The highest BCUT2D eigenvalue weighted by molar-refractivity contribution is 5.97. The van der Waals surface area contributed by atoms with Gasteiger partial charge in [0.05, 0.1) is 5.41 Å². The largest absolute Gasteiger partial charge is 0.310 e. The molecule has 0 bridgehead atoms. The fourth-order valence-electron chi connectivity index (χ4n) is 11.7. The third kappa shape index (κ3) is 6.08. The Morgan fingerprint density at radius 2 is 0.806 bits per heavy atom. The van der Waals surface area contributed by atoms with Crippen molar-refractivity contribution >= 4 is 38.6 Å². The Hall–Kier alpha value is -8.26.